The van der Waals surface area contributed by atoms with Crippen molar-refractivity contribution >= 4 is 29.3 Å². The molecule has 2 atom stereocenters. The molecular formula is C13H13ClN2O3. The van der Waals surface area contributed by atoms with Gasteiger partial charge in [0, 0.05) is 11.2 Å². The van der Waals surface area contributed by atoms with Crippen LogP contribution in [-0.2, 0) is 9.59 Å². The van der Waals surface area contributed by atoms with Gasteiger partial charge in [-0.2, -0.15) is 0 Å². The van der Waals surface area contributed by atoms with Crippen molar-refractivity contribution < 1.29 is 14.7 Å². The molecule has 19 heavy (non-hydrogen) atoms. The molecular weight excluding hydrogens is 268 g/mol. The van der Waals surface area contributed by atoms with Gasteiger partial charge in [0.25, 0.3) is 0 Å². The van der Waals surface area contributed by atoms with E-state index in [4.69, 9.17) is 16.7 Å². The molecule has 0 unspecified atom stereocenters. The highest BCUT2D eigenvalue weighted by atomic mass is 35.5. The molecule has 0 aliphatic heterocycles. The van der Waals surface area contributed by atoms with Gasteiger partial charge in [0.2, 0.25) is 5.91 Å². The van der Waals surface area contributed by atoms with E-state index in [0.717, 1.165) is 0 Å². The fourth-order valence-electron chi connectivity index (χ4n) is 2.06. The van der Waals surface area contributed by atoms with Gasteiger partial charge in [-0.15, -0.1) is 0 Å². The zero-order valence-corrected chi connectivity index (χ0v) is 10.8. The number of aliphatic carboxylic acids is 1. The van der Waals surface area contributed by atoms with Crippen LogP contribution >= 0.6 is 11.6 Å². The van der Waals surface area contributed by atoms with Gasteiger partial charge in [-0.05, 0) is 25.0 Å². The van der Waals surface area contributed by atoms with E-state index in [1.165, 1.54) is 0 Å². The number of carbonyl (C=O) groups excluding carboxylic acids is 1. The first-order valence-electron chi connectivity index (χ1n) is 5.87. The third-order valence-corrected chi connectivity index (χ3v) is 3.37. The number of nitrogens with one attached hydrogen (secondary N) is 1. The highest BCUT2D eigenvalue weighted by molar-refractivity contribution is 6.29. The first-order chi connectivity index (χ1) is 9.08. The van der Waals surface area contributed by atoms with Crippen LogP contribution in [0.2, 0.25) is 0 Å². The van der Waals surface area contributed by atoms with Gasteiger partial charge >= 0.3 is 5.97 Å². The number of carbonyl (C=O) groups is 2. The van der Waals surface area contributed by atoms with Crippen LogP contribution in [0.25, 0.3) is 0 Å². The highest BCUT2D eigenvalue weighted by Crippen LogP contribution is 2.32. The van der Waals surface area contributed by atoms with Crippen LogP contribution in [0.3, 0.4) is 0 Å². The fourth-order valence-corrected chi connectivity index (χ4v) is 2.31. The summed E-state index contributed by atoms with van der Waals surface area (Å²) in [6.07, 6.45) is 3.73. The number of carboxylic acid groups (broad SMARTS) is 1. The van der Waals surface area contributed by atoms with Gasteiger partial charge in [-0.25, -0.2) is 4.98 Å². The number of allylic oxidation sites excluding steroid dienone is 2. The average molecular weight is 281 g/mol. The molecule has 2 N–H and O–H groups in total. The minimum absolute atomic E-state index is 0.247. The lowest BCUT2D eigenvalue weighted by Crippen LogP contribution is -2.35. The van der Waals surface area contributed by atoms with Crippen LogP contribution in [0.4, 0.5) is 5.82 Å². The van der Waals surface area contributed by atoms with Crippen molar-refractivity contribution in [1.82, 2.24) is 4.98 Å². The second-order valence-electron chi connectivity index (χ2n) is 4.35. The maximum atomic E-state index is 12.1. The molecule has 0 bridgehead atoms. The van der Waals surface area contributed by atoms with Gasteiger partial charge < -0.3 is 10.4 Å². The van der Waals surface area contributed by atoms with Gasteiger partial charge in [-0.1, -0.05) is 23.7 Å². The Bertz CT molecular complexity index is 516. The average Bonchev–Trinajstić information content (AvgIpc) is 2.39. The number of halogens is 1. The minimum atomic E-state index is -0.985. The lowest BCUT2D eigenvalue weighted by atomic mass is 9.82. The fraction of sp³-hybridized carbons (Fsp3) is 0.308. The van der Waals surface area contributed by atoms with Crippen molar-refractivity contribution in [2.75, 3.05) is 5.32 Å². The normalized spacial score (nSPS) is 22.5. The Balaban J connectivity index is 2.12. The van der Waals surface area contributed by atoms with Crippen molar-refractivity contribution in [3.63, 3.8) is 0 Å². The third kappa shape index (κ3) is 3.32. The maximum absolute atomic E-state index is 12.1. The Kier molecular flexibility index (Phi) is 4.16. The zero-order valence-electron chi connectivity index (χ0n) is 10.0. The second-order valence-corrected chi connectivity index (χ2v) is 4.83. The molecule has 1 aliphatic rings. The van der Waals surface area contributed by atoms with Crippen LogP contribution in [-0.4, -0.2) is 22.0 Å². The Hall–Kier alpha value is -1.88. The Morgan fingerprint density at radius 1 is 1.37 bits per heavy atom. The summed E-state index contributed by atoms with van der Waals surface area (Å²) in [4.78, 5) is 27.3. The second kappa shape index (κ2) is 5.84. The number of aromatic nitrogens is 1. The number of hydrogen-bond acceptors (Lipinski definition) is 3. The van der Waals surface area contributed by atoms with E-state index in [1.54, 1.807) is 30.5 Å². The largest absolute Gasteiger partial charge is 0.481 e. The van der Waals surface area contributed by atoms with Gasteiger partial charge in [0.05, 0.1) is 11.8 Å². The number of hydrogen-bond donors (Lipinski definition) is 2. The van der Waals surface area contributed by atoms with E-state index in [-0.39, 0.29) is 18.7 Å². The molecule has 0 saturated carbocycles. The number of nitrogens with zero attached hydrogens (tertiary/aromatic N) is 1. The van der Waals surface area contributed by atoms with Gasteiger partial charge in [0.15, 0.2) is 0 Å². The smallest absolute Gasteiger partial charge is 0.307 e. The monoisotopic (exact) mass is 280 g/mol. The molecule has 100 valence electrons. The van der Waals surface area contributed by atoms with Crippen molar-refractivity contribution in [3.8, 4) is 0 Å². The molecule has 0 saturated heterocycles. The van der Waals surface area contributed by atoms with E-state index < -0.39 is 17.8 Å². The number of carboxylic acids is 1. The molecule has 0 aromatic carbocycles. The molecule has 1 amide bonds. The molecule has 2 rings (SSSR count). The minimum Gasteiger partial charge on any atom is -0.481 e. The molecule has 0 radical (unpaired) electrons. The number of pyridine rings is 1. The summed E-state index contributed by atoms with van der Waals surface area (Å²) in [5, 5.41) is 12.3. The number of anilines is 1. The van der Waals surface area contributed by atoms with E-state index in [2.05, 4.69) is 10.3 Å². The lowest BCUT2D eigenvalue weighted by Gasteiger charge is -2.25. The molecule has 6 heteroatoms. The van der Waals surface area contributed by atoms with Gasteiger partial charge in [0.1, 0.15) is 5.82 Å². The van der Waals surface area contributed by atoms with Crippen molar-refractivity contribution in [2.24, 2.45) is 11.8 Å². The van der Waals surface area contributed by atoms with Crippen LogP contribution in [0.15, 0.2) is 35.5 Å². The molecule has 0 spiro atoms. The maximum Gasteiger partial charge on any atom is 0.307 e. The third-order valence-electron chi connectivity index (χ3n) is 3.06. The summed E-state index contributed by atoms with van der Waals surface area (Å²) in [5.41, 5.74) is 0. The Morgan fingerprint density at radius 3 is 2.79 bits per heavy atom. The summed E-state index contributed by atoms with van der Waals surface area (Å²) in [7, 11) is 0. The lowest BCUT2D eigenvalue weighted by molar-refractivity contribution is -0.146. The van der Waals surface area contributed by atoms with Crippen LogP contribution in [0, 0.1) is 11.8 Å². The number of rotatable bonds is 3. The van der Waals surface area contributed by atoms with Gasteiger partial charge in [-0.3, -0.25) is 9.59 Å². The predicted octanol–water partition coefficient (Wildman–Crippen LogP) is 2.25. The van der Waals surface area contributed by atoms with E-state index >= 15 is 0 Å². The molecule has 1 aliphatic carbocycles. The first kappa shape index (κ1) is 13.5. The predicted molar refractivity (Wildman–Crippen MR) is 70.7 cm³/mol. The Morgan fingerprint density at radius 2 is 2.16 bits per heavy atom. The number of amides is 1. The van der Waals surface area contributed by atoms with Crippen LogP contribution in [0.5, 0.6) is 0 Å². The standard InChI is InChI=1S/C13H13ClN2O3/c14-8-4-5-9(13(18)19)10(7-8)12(17)16-11-3-1-2-6-15-11/h1-4,6,9-10H,5,7H2,(H,18,19)(H,15,16,17)/t9-,10+/m0/s1. The summed E-state index contributed by atoms with van der Waals surface area (Å²) >= 11 is 5.90. The summed E-state index contributed by atoms with van der Waals surface area (Å²) < 4.78 is 0. The summed E-state index contributed by atoms with van der Waals surface area (Å²) in [5.74, 6) is -2.36. The molecule has 1 aromatic rings. The topological polar surface area (TPSA) is 79.3 Å². The molecule has 0 fully saturated rings. The van der Waals surface area contributed by atoms with Crippen LogP contribution < -0.4 is 5.32 Å². The van der Waals surface area contributed by atoms with Crippen molar-refractivity contribution in [3.05, 3.63) is 35.5 Å². The van der Waals surface area contributed by atoms with Crippen LogP contribution in [0.1, 0.15) is 12.8 Å². The molecule has 1 aromatic heterocycles. The van der Waals surface area contributed by atoms with E-state index in [0.29, 0.717) is 10.9 Å². The van der Waals surface area contributed by atoms with E-state index in [9.17, 15) is 9.59 Å². The SMILES string of the molecule is O=C(O)[C@H]1CC=C(Cl)C[C@H]1C(=O)Nc1ccccn1. The van der Waals surface area contributed by atoms with Crippen molar-refractivity contribution in [2.45, 2.75) is 12.8 Å². The first-order valence-corrected chi connectivity index (χ1v) is 6.25. The summed E-state index contributed by atoms with van der Waals surface area (Å²) in [6.45, 7) is 0. The molecule has 1 heterocycles. The molecule has 5 nitrogen and oxygen atoms in total. The van der Waals surface area contributed by atoms with E-state index in [1.807, 2.05) is 0 Å². The van der Waals surface area contributed by atoms with Crippen molar-refractivity contribution in [1.29, 1.82) is 0 Å². The Labute approximate surface area is 115 Å². The highest BCUT2D eigenvalue weighted by Gasteiger charge is 2.36. The quantitative estimate of drug-likeness (QED) is 0.890. The zero-order chi connectivity index (χ0) is 13.8. The summed E-state index contributed by atoms with van der Waals surface area (Å²) in [6, 6.07) is 5.12.